The lowest BCUT2D eigenvalue weighted by atomic mass is 9.84. The lowest BCUT2D eigenvalue weighted by Crippen LogP contribution is -2.35. The highest BCUT2D eigenvalue weighted by atomic mass is 35.5. The van der Waals surface area contributed by atoms with Gasteiger partial charge in [0.1, 0.15) is 11.4 Å². The Labute approximate surface area is 201 Å². The van der Waals surface area contributed by atoms with Crippen molar-refractivity contribution in [3.63, 3.8) is 0 Å². The molecule has 1 aliphatic heterocycles. The second kappa shape index (κ2) is 8.67. The molecule has 7 heteroatoms. The summed E-state index contributed by atoms with van der Waals surface area (Å²) in [4.78, 5) is 26.5. The van der Waals surface area contributed by atoms with Crippen LogP contribution in [0, 0.1) is 0 Å². The van der Waals surface area contributed by atoms with Crippen molar-refractivity contribution < 1.29 is 0 Å². The molecule has 5 nitrogen and oxygen atoms in total. The van der Waals surface area contributed by atoms with Crippen molar-refractivity contribution in [3.8, 4) is 0 Å². The fraction of sp³-hybridized carbons (Fsp3) is 0.154. The van der Waals surface area contributed by atoms with Gasteiger partial charge in [0, 0.05) is 40.4 Å². The molecule has 1 aliphatic rings. The minimum atomic E-state index is -0.523. The van der Waals surface area contributed by atoms with Gasteiger partial charge in [-0.25, -0.2) is 0 Å². The minimum Gasteiger partial charge on any atom is -0.350 e. The van der Waals surface area contributed by atoms with E-state index >= 15 is 0 Å². The molecule has 0 spiro atoms. The zero-order valence-electron chi connectivity index (χ0n) is 17.9. The van der Waals surface area contributed by atoms with Gasteiger partial charge in [-0.15, -0.1) is 0 Å². The van der Waals surface area contributed by atoms with Crippen LogP contribution in [-0.4, -0.2) is 18.5 Å². The molecule has 1 atom stereocenters. The minimum absolute atomic E-state index is 0.130. The number of hydrogen-bond donors (Lipinski definition) is 2. The Kier molecular flexibility index (Phi) is 5.71. The monoisotopic (exact) mass is 477 g/mol. The molecule has 0 saturated heterocycles. The number of nitrogens with zero attached hydrogens (tertiary/aromatic N) is 1. The summed E-state index contributed by atoms with van der Waals surface area (Å²) in [7, 11) is 2.07. The van der Waals surface area contributed by atoms with Gasteiger partial charge in [-0.05, 0) is 60.1 Å². The molecule has 5 rings (SSSR count). The fourth-order valence-electron chi connectivity index (χ4n) is 4.37. The van der Waals surface area contributed by atoms with Crippen LogP contribution in [-0.2, 0) is 6.54 Å². The maximum atomic E-state index is 12.2. The summed E-state index contributed by atoms with van der Waals surface area (Å²) in [5, 5.41) is 7.45. The SMILES string of the molecule is CN1Cc2c(Cl)cc(Cl)cc2[C@H](c2ccc(Nc3c(Nc4ccccc4)c(=O)c3=O)cc2)C1. The summed E-state index contributed by atoms with van der Waals surface area (Å²) in [5.41, 5.74) is 4.36. The second-order valence-corrected chi connectivity index (χ2v) is 9.19. The molecule has 0 fully saturated rings. The number of para-hydroxylation sites is 1. The lowest BCUT2D eigenvalue weighted by molar-refractivity contribution is 0.295. The zero-order valence-corrected chi connectivity index (χ0v) is 19.4. The molecule has 0 bridgehead atoms. The van der Waals surface area contributed by atoms with Crippen LogP contribution in [0.2, 0.25) is 10.0 Å². The Bertz CT molecular complexity index is 1390. The van der Waals surface area contributed by atoms with E-state index in [1.807, 2.05) is 60.7 Å². The van der Waals surface area contributed by atoms with E-state index in [0.717, 1.165) is 41.2 Å². The molecule has 2 N–H and O–H groups in total. The predicted octanol–water partition coefficient (Wildman–Crippen LogP) is 5.65. The molecule has 0 saturated carbocycles. The molecule has 166 valence electrons. The van der Waals surface area contributed by atoms with Gasteiger partial charge in [-0.3, -0.25) is 9.59 Å². The average Bonchev–Trinajstić information content (AvgIpc) is 2.82. The van der Waals surface area contributed by atoms with Crippen molar-refractivity contribution in [1.29, 1.82) is 0 Å². The average molecular weight is 478 g/mol. The number of hydrogen-bond acceptors (Lipinski definition) is 5. The highest BCUT2D eigenvalue weighted by molar-refractivity contribution is 6.35. The van der Waals surface area contributed by atoms with Crippen molar-refractivity contribution in [2.24, 2.45) is 0 Å². The number of nitrogens with one attached hydrogen (secondary N) is 2. The number of likely N-dealkylation sites (N-methyl/N-ethyl adjacent to an activating group) is 1. The normalized spacial score (nSPS) is 15.9. The van der Waals surface area contributed by atoms with Gasteiger partial charge in [-0.2, -0.15) is 0 Å². The summed E-state index contributed by atoms with van der Waals surface area (Å²) in [5.74, 6) is 0.130. The van der Waals surface area contributed by atoms with Crippen LogP contribution in [0.15, 0.2) is 76.3 Å². The molecule has 0 amide bonds. The standard InChI is InChI=1S/C26H21Cl2N3O2/c1-31-13-20(19-11-16(27)12-22(28)21(19)14-31)15-7-9-18(10-8-15)30-24-23(25(32)26(24)33)29-17-5-3-2-4-6-17/h2-12,20,29-30H,13-14H2,1H3/t20-/m0/s1. The Balaban J connectivity index is 1.40. The van der Waals surface area contributed by atoms with E-state index in [2.05, 4.69) is 22.6 Å². The quantitative estimate of drug-likeness (QED) is 0.363. The van der Waals surface area contributed by atoms with E-state index in [0.29, 0.717) is 10.0 Å². The highest BCUT2D eigenvalue weighted by Gasteiger charge is 2.27. The smallest absolute Gasteiger partial charge is 0.253 e. The molecule has 0 radical (unpaired) electrons. The molecule has 4 aromatic rings. The first kappa shape index (κ1) is 21.7. The number of fused-ring (bicyclic) bond motifs is 1. The summed E-state index contributed by atoms with van der Waals surface area (Å²) in [6, 6.07) is 21.0. The Morgan fingerprint density at radius 2 is 1.45 bits per heavy atom. The Morgan fingerprint density at radius 1 is 0.848 bits per heavy atom. The van der Waals surface area contributed by atoms with E-state index in [4.69, 9.17) is 23.2 Å². The summed E-state index contributed by atoms with van der Waals surface area (Å²) in [6.07, 6.45) is 0. The van der Waals surface area contributed by atoms with Gasteiger partial charge in [0.05, 0.1) is 0 Å². The van der Waals surface area contributed by atoms with Crippen molar-refractivity contribution in [1.82, 2.24) is 4.90 Å². The van der Waals surface area contributed by atoms with Crippen molar-refractivity contribution >= 4 is 46.0 Å². The highest BCUT2D eigenvalue weighted by Crippen LogP contribution is 2.38. The fourth-order valence-corrected chi connectivity index (χ4v) is 4.94. The first-order valence-electron chi connectivity index (χ1n) is 10.6. The number of benzene rings is 3. The maximum absolute atomic E-state index is 12.2. The van der Waals surface area contributed by atoms with Crippen LogP contribution in [0.1, 0.15) is 22.6 Å². The Morgan fingerprint density at radius 3 is 2.09 bits per heavy atom. The van der Waals surface area contributed by atoms with Gasteiger partial charge in [0.2, 0.25) is 0 Å². The van der Waals surface area contributed by atoms with Crippen molar-refractivity contribution in [3.05, 3.63) is 114 Å². The van der Waals surface area contributed by atoms with Crippen LogP contribution in [0.3, 0.4) is 0 Å². The third-order valence-electron chi connectivity index (χ3n) is 6.03. The summed E-state index contributed by atoms with van der Waals surface area (Å²) in [6.45, 7) is 1.63. The molecule has 0 aromatic heterocycles. The van der Waals surface area contributed by atoms with E-state index in [1.54, 1.807) is 6.07 Å². The van der Waals surface area contributed by atoms with Gasteiger partial charge < -0.3 is 15.5 Å². The maximum Gasteiger partial charge on any atom is 0.253 e. The topological polar surface area (TPSA) is 61.4 Å². The van der Waals surface area contributed by atoms with Gasteiger partial charge in [-0.1, -0.05) is 53.5 Å². The molecular formula is C26H21Cl2N3O2. The van der Waals surface area contributed by atoms with Crippen LogP contribution < -0.4 is 21.5 Å². The summed E-state index contributed by atoms with van der Waals surface area (Å²) >= 11 is 12.8. The predicted molar refractivity (Wildman–Crippen MR) is 135 cm³/mol. The zero-order chi connectivity index (χ0) is 23.1. The molecule has 0 aliphatic carbocycles. The van der Waals surface area contributed by atoms with Crippen LogP contribution in [0.25, 0.3) is 0 Å². The van der Waals surface area contributed by atoms with Crippen LogP contribution in [0.4, 0.5) is 22.7 Å². The number of anilines is 4. The first-order valence-corrected chi connectivity index (χ1v) is 11.3. The van der Waals surface area contributed by atoms with E-state index in [9.17, 15) is 9.59 Å². The van der Waals surface area contributed by atoms with Crippen molar-refractivity contribution in [2.75, 3.05) is 24.2 Å². The lowest BCUT2D eigenvalue weighted by Gasteiger charge is -2.33. The summed E-state index contributed by atoms with van der Waals surface area (Å²) < 4.78 is 0. The van der Waals surface area contributed by atoms with Gasteiger partial charge in [0.15, 0.2) is 0 Å². The molecule has 0 unspecified atom stereocenters. The molecule has 4 aromatic carbocycles. The van der Waals surface area contributed by atoms with E-state index < -0.39 is 10.9 Å². The first-order chi connectivity index (χ1) is 15.9. The second-order valence-electron chi connectivity index (χ2n) is 8.35. The van der Waals surface area contributed by atoms with E-state index in [1.165, 1.54) is 0 Å². The molecular weight excluding hydrogens is 457 g/mol. The molecule has 1 heterocycles. The molecule has 33 heavy (non-hydrogen) atoms. The van der Waals surface area contributed by atoms with Gasteiger partial charge in [0.25, 0.3) is 10.9 Å². The van der Waals surface area contributed by atoms with Gasteiger partial charge >= 0.3 is 0 Å². The van der Waals surface area contributed by atoms with Crippen molar-refractivity contribution in [2.45, 2.75) is 12.5 Å². The van der Waals surface area contributed by atoms with Crippen LogP contribution in [0.5, 0.6) is 0 Å². The largest absolute Gasteiger partial charge is 0.350 e. The number of halogens is 2. The number of rotatable bonds is 5. The third kappa shape index (κ3) is 4.15. The van der Waals surface area contributed by atoms with E-state index in [-0.39, 0.29) is 17.3 Å². The third-order valence-corrected chi connectivity index (χ3v) is 6.58. The Hall–Kier alpha value is -3.12. The van der Waals surface area contributed by atoms with Crippen LogP contribution >= 0.6 is 23.2 Å².